The van der Waals surface area contributed by atoms with Crippen LogP contribution < -0.4 is 21.7 Å². The number of anilines is 1. The molecule has 5 N–H and O–H groups in total. The summed E-state index contributed by atoms with van der Waals surface area (Å²) in [6.07, 6.45) is 0.611. The topological polar surface area (TPSA) is 96.2 Å². The molecule has 0 radical (unpaired) electrons. The first kappa shape index (κ1) is 17.0. The third-order valence-electron chi connectivity index (χ3n) is 2.87. The van der Waals surface area contributed by atoms with Crippen molar-refractivity contribution in [2.45, 2.75) is 45.8 Å². The highest BCUT2D eigenvalue weighted by molar-refractivity contribution is 5.89. The number of hydrogen-bond donors (Lipinski definition) is 4. The molecule has 0 spiro atoms. The van der Waals surface area contributed by atoms with Crippen LogP contribution >= 0.6 is 0 Å². The first-order valence-corrected chi connectivity index (χ1v) is 7.12. The van der Waals surface area contributed by atoms with Crippen molar-refractivity contribution in [1.29, 1.82) is 0 Å². The molecule has 1 atom stereocenters. The fraction of sp³-hybridized carbons (Fsp3) is 0.467. The van der Waals surface area contributed by atoms with Gasteiger partial charge in [-0.3, -0.25) is 4.79 Å². The Kier molecular flexibility index (Phi) is 6.68. The number of urea groups is 1. The third-order valence-corrected chi connectivity index (χ3v) is 2.87. The Morgan fingerprint density at radius 1 is 1.19 bits per heavy atom. The normalized spacial score (nSPS) is 11.9. The van der Waals surface area contributed by atoms with Crippen molar-refractivity contribution in [2.75, 3.05) is 5.32 Å². The van der Waals surface area contributed by atoms with Crippen molar-refractivity contribution in [2.24, 2.45) is 5.73 Å². The van der Waals surface area contributed by atoms with Crippen molar-refractivity contribution in [1.82, 2.24) is 10.6 Å². The summed E-state index contributed by atoms with van der Waals surface area (Å²) in [5.41, 5.74) is 7.28. The van der Waals surface area contributed by atoms with Crippen LogP contribution in [0.5, 0.6) is 0 Å². The zero-order valence-corrected chi connectivity index (χ0v) is 12.8. The van der Waals surface area contributed by atoms with Gasteiger partial charge in [0.15, 0.2) is 0 Å². The van der Waals surface area contributed by atoms with E-state index in [1.807, 2.05) is 32.9 Å². The van der Waals surface area contributed by atoms with Crippen LogP contribution in [0.15, 0.2) is 24.3 Å². The lowest BCUT2D eigenvalue weighted by atomic mass is 10.2. The van der Waals surface area contributed by atoms with Gasteiger partial charge in [0.2, 0.25) is 5.91 Å². The highest BCUT2D eigenvalue weighted by Crippen LogP contribution is 2.09. The molecular formula is C15H24N4O2. The van der Waals surface area contributed by atoms with E-state index in [4.69, 9.17) is 5.73 Å². The Hall–Kier alpha value is -2.08. The van der Waals surface area contributed by atoms with Crippen molar-refractivity contribution in [3.8, 4) is 0 Å². The lowest BCUT2D eigenvalue weighted by molar-refractivity contribution is -0.122. The molecule has 21 heavy (non-hydrogen) atoms. The summed E-state index contributed by atoms with van der Waals surface area (Å²) < 4.78 is 0. The van der Waals surface area contributed by atoms with E-state index in [0.29, 0.717) is 18.7 Å². The van der Waals surface area contributed by atoms with E-state index in [1.54, 1.807) is 12.1 Å². The van der Waals surface area contributed by atoms with Crippen molar-refractivity contribution < 1.29 is 9.59 Å². The van der Waals surface area contributed by atoms with Gasteiger partial charge in [0.05, 0.1) is 6.04 Å². The second-order valence-electron chi connectivity index (χ2n) is 5.18. The maximum absolute atomic E-state index is 11.6. The number of rotatable bonds is 6. The predicted octanol–water partition coefficient (Wildman–Crippen LogP) is 1.57. The smallest absolute Gasteiger partial charge is 0.319 e. The monoisotopic (exact) mass is 292 g/mol. The summed E-state index contributed by atoms with van der Waals surface area (Å²) in [6.45, 7) is 6.08. The van der Waals surface area contributed by atoms with Gasteiger partial charge in [-0.25, -0.2) is 4.79 Å². The number of nitrogens with one attached hydrogen (secondary N) is 3. The molecule has 1 rings (SSSR count). The van der Waals surface area contributed by atoms with Gasteiger partial charge in [-0.2, -0.15) is 0 Å². The molecule has 1 aromatic rings. The van der Waals surface area contributed by atoms with Crippen molar-refractivity contribution >= 4 is 17.6 Å². The lowest BCUT2D eigenvalue weighted by Gasteiger charge is -2.12. The van der Waals surface area contributed by atoms with Crippen LogP contribution in [0.4, 0.5) is 10.5 Å². The number of benzene rings is 1. The quantitative estimate of drug-likeness (QED) is 0.641. The van der Waals surface area contributed by atoms with E-state index in [0.717, 1.165) is 5.56 Å². The minimum atomic E-state index is -0.467. The van der Waals surface area contributed by atoms with Crippen molar-refractivity contribution in [3.05, 3.63) is 29.8 Å². The second-order valence-corrected chi connectivity index (χ2v) is 5.18. The standard InChI is InChI=1S/C15H24N4O2/c1-4-13(16)14(20)17-9-11-5-7-12(8-6-11)19-15(21)18-10(2)3/h5-8,10,13H,4,9,16H2,1-3H3,(H,17,20)(H2,18,19,21)/t13-/m0/s1. The minimum Gasteiger partial charge on any atom is -0.351 e. The average molecular weight is 292 g/mol. The largest absolute Gasteiger partial charge is 0.351 e. The molecule has 0 unspecified atom stereocenters. The lowest BCUT2D eigenvalue weighted by Crippen LogP contribution is -2.39. The van der Waals surface area contributed by atoms with Crippen LogP contribution in [0.2, 0.25) is 0 Å². The molecule has 3 amide bonds. The van der Waals surface area contributed by atoms with Crippen molar-refractivity contribution in [3.63, 3.8) is 0 Å². The van der Waals surface area contributed by atoms with Gasteiger partial charge in [0.25, 0.3) is 0 Å². The van der Waals surface area contributed by atoms with E-state index in [-0.39, 0.29) is 18.0 Å². The van der Waals surface area contributed by atoms with Crippen LogP contribution in [0.3, 0.4) is 0 Å². The SMILES string of the molecule is CC[C@H](N)C(=O)NCc1ccc(NC(=O)NC(C)C)cc1. The molecule has 116 valence electrons. The Morgan fingerprint density at radius 3 is 2.33 bits per heavy atom. The molecule has 0 fully saturated rings. The van der Waals surface area contributed by atoms with Gasteiger partial charge >= 0.3 is 6.03 Å². The number of carbonyl (C=O) groups is 2. The minimum absolute atomic E-state index is 0.0854. The van der Waals surface area contributed by atoms with Gasteiger partial charge in [-0.1, -0.05) is 19.1 Å². The molecular weight excluding hydrogens is 268 g/mol. The molecule has 0 heterocycles. The fourth-order valence-corrected chi connectivity index (χ4v) is 1.64. The number of nitrogens with two attached hydrogens (primary N) is 1. The van der Waals surface area contributed by atoms with Crippen LogP contribution in [0, 0.1) is 0 Å². The van der Waals surface area contributed by atoms with E-state index < -0.39 is 6.04 Å². The van der Waals surface area contributed by atoms with E-state index in [9.17, 15) is 9.59 Å². The average Bonchev–Trinajstić information content (AvgIpc) is 2.44. The number of hydrogen-bond acceptors (Lipinski definition) is 3. The van der Waals surface area contributed by atoms with Gasteiger partial charge in [-0.05, 0) is 38.0 Å². The Labute approximate surface area is 125 Å². The molecule has 0 saturated heterocycles. The van der Waals surface area contributed by atoms with E-state index >= 15 is 0 Å². The molecule has 1 aromatic carbocycles. The maximum atomic E-state index is 11.6. The molecule has 6 heteroatoms. The Bertz CT molecular complexity index is 471. The highest BCUT2D eigenvalue weighted by Gasteiger charge is 2.10. The summed E-state index contributed by atoms with van der Waals surface area (Å²) in [6, 6.07) is 6.67. The van der Waals surface area contributed by atoms with Crippen LogP contribution in [-0.2, 0) is 11.3 Å². The van der Waals surface area contributed by atoms with Gasteiger partial charge in [0.1, 0.15) is 0 Å². The van der Waals surface area contributed by atoms with E-state index in [2.05, 4.69) is 16.0 Å². The second kappa shape index (κ2) is 8.26. The Morgan fingerprint density at radius 2 is 1.81 bits per heavy atom. The molecule has 0 saturated carbocycles. The zero-order chi connectivity index (χ0) is 15.8. The number of amides is 3. The number of carbonyl (C=O) groups excluding carboxylic acids is 2. The summed E-state index contributed by atoms with van der Waals surface area (Å²) in [4.78, 5) is 23.1. The predicted molar refractivity (Wildman–Crippen MR) is 83.8 cm³/mol. The van der Waals surface area contributed by atoms with Gasteiger partial charge in [-0.15, -0.1) is 0 Å². The van der Waals surface area contributed by atoms with Crippen LogP contribution in [0.25, 0.3) is 0 Å². The maximum Gasteiger partial charge on any atom is 0.319 e. The van der Waals surface area contributed by atoms with Crippen LogP contribution in [-0.4, -0.2) is 24.0 Å². The molecule has 6 nitrogen and oxygen atoms in total. The highest BCUT2D eigenvalue weighted by atomic mass is 16.2. The molecule has 0 bridgehead atoms. The molecule has 0 aliphatic heterocycles. The molecule has 0 aliphatic rings. The molecule has 0 aliphatic carbocycles. The summed E-state index contributed by atoms with van der Waals surface area (Å²) in [5.74, 6) is -0.156. The van der Waals surface area contributed by atoms with Gasteiger partial charge < -0.3 is 21.7 Å². The third kappa shape index (κ3) is 6.27. The van der Waals surface area contributed by atoms with Crippen LogP contribution in [0.1, 0.15) is 32.8 Å². The summed E-state index contributed by atoms with van der Waals surface area (Å²) >= 11 is 0. The van der Waals surface area contributed by atoms with Gasteiger partial charge in [0, 0.05) is 18.3 Å². The Balaban J connectivity index is 2.47. The first-order valence-electron chi connectivity index (χ1n) is 7.12. The fourth-order valence-electron chi connectivity index (χ4n) is 1.64. The summed E-state index contributed by atoms with van der Waals surface area (Å²) in [5, 5.41) is 8.25. The zero-order valence-electron chi connectivity index (χ0n) is 12.8. The van der Waals surface area contributed by atoms with E-state index in [1.165, 1.54) is 0 Å². The summed E-state index contributed by atoms with van der Waals surface area (Å²) in [7, 11) is 0. The molecule has 0 aromatic heterocycles. The first-order chi connectivity index (χ1) is 9.92.